The van der Waals surface area contributed by atoms with Crippen LogP contribution in [-0.4, -0.2) is 24.5 Å². The normalized spacial score (nSPS) is 15.6. The van der Waals surface area contributed by atoms with Crippen molar-refractivity contribution in [3.63, 3.8) is 0 Å². The van der Waals surface area contributed by atoms with E-state index in [9.17, 15) is 14.4 Å². The van der Waals surface area contributed by atoms with Crippen molar-refractivity contribution in [1.82, 2.24) is 0 Å². The Morgan fingerprint density at radius 1 is 1.38 bits per heavy atom. The Bertz CT molecular complexity index is 380. The fourth-order valence-electron chi connectivity index (χ4n) is 1.59. The molecule has 0 aromatic carbocycles. The molecule has 1 aliphatic carbocycles. The molecule has 0 amide bonds. The Labute approximate surface area is 94.0 Å². The Morgan fingerprint density at radius 2 is 2.00 bits per heavy atom. The summed E-state index contributed by atoms with van der Waals surface area (Å²) in [6.45, 7) is 3.48. The minimum Gasteiger partial charge on any atom is -0.462 e. The Hall–Kier alpha value is -1.63. The highest BCUT2D eigenvalue weighted by molar-refractivity contribution is 5.98. The van der Waals surface area contributed by atoms with Crippen LogP contribution in [0.15, 0.2) is 11.1 Å². The van der Waals surface area contributed by atoms with Gasteiger partial charge in [-0.3, -0.25) is 0 Å². The SMILES string of the molecule is CCOC(=O)C(=C=O)C(C)C(=C=O)C1CC1. The van der Waals surface area contributed by atoms with Gasteiger partial charge >= 0.3 is 5.97 Å². The van der Waals surface area contributed by atoms with Gasteiger partial charge in [-0.25, -0.2) is 14.4 Å². The van der Waals surface area contributed by atoms with Crippen LogP contribution in [0, 0.1) is 11.8 Å². The van der Waals surface area contributed by atoms with Crippen LogP contribution in [0.25, 0.3) is 0 Å². The van der Waals surface area contributed by atoms with Crippen LogP contribution < -0.4 is 0 Å². The van der Waals surface area contributed by atoms with Crippen LogP contribution >= 0.6 is 0 Å². The van der Waals surface area contributed by atoms with E-state index in [4.69, 9.17) is 4.74 Å². The van der Waals surface area contributed by atoms with Gasteiger partial charge < -0.3 is 4.74 Å². The summed E-state index contributed by atoms with van der Waals surface area (Å²) in [7, 11) is 0. The van der Waals surface area contributed by atoms with Crippen LogP contribution in [0.5, 0.6) is 0 Å². The lowest BCUT2D eigenvalue weighted by atomic mass is 9.91. The Kier molecular flexibility index (Phi) is 4.24. The summed E-state index contributed by atoms with van der Waals surface area (Å²) in [6, 6.07) is 0. The summed E-state index contributed by atoms with van der Waals surface area (Å²) in [5.41, 5.74) is 0.360. The number of rotatable bonds is 5. The Balaban J connectivity index is 2.84. The predicted octanol–water partition coefficient (Wildman–Crippen LogP) is 1.11. The molecule has 1 saturated carbocycles. The van der Waals surface area contributed by atoms with Crippen molar-refractivity contribution in [1.29, 1.82) is 0 Å². The third-order valence-corrected chi connectivity index (χ3v) is 2.64. The highest BCUT2D eigenvalue weighted by Gasteiger charge is 2.34. The van der Waals surface area contributed by atoms with Gasteiger partial charge in [-0.1, -0.05) is 6.92 Å². The zero-order valence-electron chi connectivity index (χ0n) is 9.41. The monoisotopic (exact) mass is 222 g/mol. The number of hydrogen-bond donors (Lipinski definition) is 0. The quantitative estimate of drug-likeness (QED) is 0.397. The molecule has 0 aromatic heterocycles. The van der Waals surface area contributed by atoms with E-state index in [-0.39, 0.29) is 18.1 Å². The van der Waals surface area contributed by atoms with Crippen LogP contribution in [0.1, 0.15) is 26.7 Å². The number of allylic oxidation sites excluding steroid dienone is 1. The average Bonchev–Trinajstić information content (AvgIpc) is 3.04. The van der Waals surface area contributed by atoms with Crippen molar-refractivity contribution in [2.45, 2.75) is 26.7 Å². The van der Waals surface area contributed by atoms with Crippen LogP contribution in [0.4, 0.5) is 0 Å². The van der Waals surface area contributed by atoms with Gasteiger partial charge in [-0.05, 0) is 25.7 Å². The molecule has 0 radical (unpaired) electrons. The van der Waals surface area contributed by atoms with E-state index >= 15 is 0 Å². The molecule has 1 unspecified atom stereocenters. The Morgan fingerprint density at radius 3 is 2.38 bits per heavy atom. The number of carbonyl (C=O) groups excluding carboxylic acids is 3. The molecule has 86 valence electrons. The third kappa shape index (κ3) is 2.69. The van der Waals surface area contributed by atoms with E-state index in [0.717, 1.165) is 12.8 Å². The van der Waals surface area contributed by atoms with Crippen molar-refractivity contribution in [3.05, 3.63) is 11.1 Å². The molecular weight excluding hydrogens is 208 g/mol. The topological polar surface area (TPSA) is 60.4 Å². The fraction of sp³-hybridized carbons (Fsp3) is 0.583. The minimum atomic E-state index is -0.696. The van der Waals surface area contributed by atoms with E-state index in [1.165, 1.54) is 0 Å². The highest BCUT2D eigenvalue weighted by Crippen LogP contribution is 2.40. The van der Waals surface area contributed by atoms with Crippen molar-refractivity contribution in [2.75, 3.05) is 6.61 Å². The van der Waals surface area contributed by atoms with E-state index < -0.39 is 11.9 Å². The van der Waals surface area contributed by atoms with Gasteiger partial charge in [0.05, 0.1) is 6.61 Å². The first-order valence-corrected chi connectivity index (χ1v) is 5.32. The molecule has 0 aliphatic heterocycles. The molecule has 4 nitrogen and oxygen atoms in total. The maximum Gasteiger partial charge on any atom is 0.345 e. The second-order valence-electron chi connectivity index (χ2n) is 3.79. The van der Waals surface area contributed by atoms with Gasteiger partial charge in [0.2, 0.25) is 0 Å². The number of ether oxygens (including phenoxy) is 1. The summed E-state index contributed by atoms with van der Waals surface area (Å²) in [5, 5.41) is 0. The molecule has 0 spiro atoms. The summed E-state index contributed by atoms with van der Waals surface area (Å²) >= 11 is 0. The summed E-state index contributed by atoms with van der Waals surface area (Å²) in [5.74, 6) is 2.35. The second-order valence-corrected chi connectivity index (χ2v) is 3.79. The maximum absolute atomic E-state index is 11.4. The number of hydrogen-bond acceptors (Lipinski definition) is 4. The standard InChI is InChI=1S/C12H14O4/c1-3-16-12(15)11(7-14)8(2)10(6-13)9-4-5-9/h8-9H,3-5H2,1-2H3. The lowest BCUT2D eigenvalue weighted by molar-refractivity contribution is -0.138. The molecule has 0 heterocycles. The van der Waals surface area contributed by atoms with Gasteiger partial charge in [0.15, 0.2) is 0 Å². The van der Waals surface area contributed by atoms with Gasteiger partial charge in [-0.15, -0.1) is 0 Å². The van der Waals surface area contributed by atoms with Crippen LogP contribution in [0.2, 0.25) is 0 Å². The molecule has 1 aliphatic rings. The number of carbonyl (C=O) groups is 1. The minimum absolute atomic E-state index is 0.118. The zero-order valence-corrected chi connectivity index (χ0v) is 9.41. The largest absolute Gasteiger partial charge is 0.462 e. The predicted molar refractivity (Wildman–Crippen MR) is 56.9 cm³/mol. The molecule has 0 N–H and O–H groups in total. The third-order valence-electron chi connectivity index (χ3n) is 2.64. The average molecular weight is 222 g/mol. The molecule has 0 bridgehead atoms. The lowest BCUT2D eigenvalue weighted by Gasteiger charge is -2.12. The van der Waals surface area contributed by atoms with Crippen molar-refractivity contribution < 1.29 is 19.1 Å². The first kappa shape index (κ1) is 12.4. The van der Waals surface area contributed by atoms with Gasteiger partial charge in [0.25, 0.3) is 0 Å². The lowest BCUT2D eigenvalue weighted by Crippen LogP contribution is -2.17. The van der Waals surface area contributed by atoms with Crippen molar-refractivity contribution >= 4 is 17.9 Å². The fourth-order valence-corrected chi connectivity index (χ4v) is 1.59. The van der Waals surface area contributed by atoms with Crippen molar-refractivity contribution in [3.8, 4) is 0 Å². The van der Waals surface area contributed by atoms with E-state index in [0.29, 0.717) is 5.57 Å². The molecule has 4 heteroatoms. The molecule has 16 heavy (non-hydrogen) atoms. The summed E-state index contributed by atoms with van der Waals surface area (Å²) < 4.78 is 4.73. The zero-order chi connectivity index (χ0) is 12.1. The van der Waals surface area contributed by atoms with Crippen molar-refractivity contribution in [2.24, 2.45) is 11.8 Å². The summed E-state index contributed by atoms with van der Waals surface area (Å²) in [4.78, 5) is 32.9. The van der Waals surface area contributed by atoms with Crippen LogP contribution in [0.3, 0.4) is 0 Å². The number of esters is 1. The van der Waals surface area contributed by atoms with Gasteiger partial charge in [0.1, 0.15) is 17.5 Å². The molecule has 1 rings (SSSR count). The highest BCUT2D eigenvalue weighted by atomic mass is 16.5. The first-order valence-electron chi connectivity index (χ1n) is 5.32. The molecule has 0 saturated heterocycles. The van der Waals surface area contributed by atoms with Gasteiger partial charge in [0, 0.05) is 11.5 Å². The second kappa shape index (κ2) is 5.45. The molecule has 0 aromatic rings. The maximum atomic E-state index is 11.4. The summed E-state index contributed by atoms with van der Waals surface area (Å²) in [6.07, 6.45) is 1.84. The van der Waals surface area contributed by atoms with E-state index in [2.05, 4.69) is 0 Å². The first-order chi connectivity index (χ1) is 7.65. The van der Waals surface area contributed by atoms with Crippen LogP contribution in [-0.2, 0) is 19.1 Å². The van der Waals surface area contributed by atoms with Gasteiger partial charge in [-0.2, -0.15) is 0 Å². The van der Waals surface area contributed by atoms with E-state index in [1.807, 2.05) is 5.94 Å². The molecule has 1 fully saturated rings. The molecule has 1 atom stereocenters. The molecular formula is C12H14O4. The van der Waals surface area contributed by atoms with E-state index in [1.54, 1.807) is 19.8 Å². The smallest absolute Gasteiger partial charge is 0.345 e.